The summed E-state index contributed by atoms with van der Waals surface area (Å²) in [7, 11) is 0. The summed E-state index contributed by atoms with van der Waals surface area (Å²) < 4.78 is 0. The molecule has 0 aromatic rings. The van der Waals surface area contributed by atoms with Crippen molar-refractivity contribution in [3.05, 3.63) is 42.4 Å². The Balaban J connectivity index is 0. The summed E-state index contributed by atoms with van der Waals surface area (Å²) in [6, 6.07) is 0. The zero-order valence-corrected chi connectivity index (χ0v) is 9.82. The molecule has 1 rings (SSSR count). The Morgan fingerprint density at radius 3 is 1.80 bits per heavy atom. The molecule has 0 amide bonds. The summed E-state index contributed by atoms with van der Waals surface area (Å²) in [4.78, 5) is 0. The van der Waals surface area contributed by atoms with Gasteiger partial charge in [0.2, 0.25) is 0 Å². The summed E-state index contributed by atoms with van der Waals surface area (Å²) in [5.41, 5.74) is 1.08. The van der Waals surface area contributed by atoms with Gasteiger partial charge in [0.25, 0.3) is 0 Å². The van der Waals surface area contributed by atoms with Crippen LogP contribution in [0, 0.1) is 5.92 Å². The van der Waals surface area contributed by atoms with Gasteiger partial charge in [0.1, 0.15) is 0 Å². The molecule has 1 aliphatic carbocycles. The van der Waals surface area contributed by atoms with Gasteiger partial charge in [-0.1, -0.05) is 37.8 Å². The molecule has 1 aliphatic rings. The molecule has 10 heavy (non-hydrogen) atoms. The van der Waals surface area contributed by atoms with Gasteiger partial charge >= 0.3 is 0 Å². The molecule has 0 heterocycles. The van der Waals surface area contributed by atoms with E-state index in [9.17, 15) is 0 Å². The van der Waals surface area contributed by atoms with Crippen molar-refractivity contribution in [1.82, 2.24) is 0 Å². The number of allylic oxidation sites excluding steroid dienone is 5. The van der Waals surface area contributed by atoms with Crippen LogP contribution in [0.3, 0.4) is 0 Å². The molecule has 51 valence electrons. The van der Waals surface area contributed by atoms with Crippen LogP contribution in [0.15, 0.2) is 36.5 Å². The van der Waals surface area contributed by atoms with Crippen molar-refractivity contribution in [1.29, 1.82) is 0 Å². The predicted octanol–water partition coefficient (Wildman–Crippen LogP) is -0.736. The maximum absolute atomic E-state index is 3.76. The molecular formula is C8H9ClZn-. The first-order valence-corrected chi connectivity index (χ1v) is 2.67. The molecule has 0 saturated heterocycles. The Labute approximate surface area is 81.3 Å². The smallest absolute Gasteiger partial charge is 0.0163 e. The average molecular weight is 206 g/mol. The van der Waals surface area contributed by atoms with E-state index >= 15 is 0 Å². The van der Waals surface area contributed by atoms with Crippen LogP contribution in [-0.4, -0.2) is 0 Å². The number of halogens is 1. The van der Waals surface area contributed by atoms with Crippen LogP contribution < -0.4 is 12.4 Å². The van der Waals surface area contributed by atoms with Gasteiger partial charge in [0.15, 0.2) is 0 Å². The number of rotatable bonds is 0. The molecule has 0 nitrogen and oxygen atoms in total. The Morgan fingerprint density at radius 1 is 1.10 bits per heavy atom. The first kappa shape index (κ1) is 12.8. The standard InChI is InChI=1S/C8H9.ClH.Zn/c1-7-3-5-8(2)6-4-7;;/h3-6H,1H2,2H3;1H;/p-1. The van der Waals surface area contributed by atoms with Gasteiger partial charge in [-0.05, 0) is 5.57 Å². The van der Waals surface area contributed by atoms with Crippen molar-refractivity contribution in [2.24, 2.45) is 0 Å². The average Bonchev–Trinajstić information content (AvgIpc) is 1.77. The van der Waals surface area contributed by atoms with Crippen LogP contribution >= 0.6 is 0 Å². The minimum atomic E-state index is 0. The molecule has 0 atom stereocenters. The van der Waals surface area contributed by atoms with Gasteiger partial charge in [-0.3, -0.25) is 0 Å². The first-order chi connectivity index (χ1) is 3.79. The van der Waals surface area contributed by atoms with E-state index in [1.807, 2.05) is 12.2 Å². The van der Waals surface area contributed by atoms with Crippen LogP contribution in [0.1, 0.15) is 6.92 Å². The third kappa shape index (κ3) is 4.03. The third-order valence-corrected chi connectivity index (χ3v) is 1.12. The van der Waals surface area contributed by atoms with Crippen molar-refractivity contribution in [2.75, 3.05) is 0 Å². The Bertz CT molecular complexity index is 143. The molecule has 0 aliphatic heterocycles. The minimum Gasteiger partial charge on any atom is -1.00 e. The van der Waals surface area contributed by atoms with Crippen LogP contribution in [0.4, 0.5) is 0 Å². The van der Waals surface area contributed by atoms with E-state index in [1.165, 1.54) is 5.92 Å². The van der Waals surface area contributed by atoms with E-state index < -0.39 is 0 Å². The Morgan fingerprint density at radius 2 is 1.50 bits per heavy atom. The number of hydrogen-bond donors (Lipinski definition) is 0. The molecule has 0 saturated carbocycles. The van der Waals surface area contributed by atoms with Gasteiger partial charge in [-0.25, -0.2) is 0 Å². The molecule has 0 bridgehead atoms. The van der Waals surface area contributed by atoms with E-state index in [4.69, 9.17) is 0 Å². The second-order valence-electron chi connectivity index (χ2n) is 1.99. The quantitative estimate of drug-likeness (QED) is 0.458. The van der Waals surface area contributed by atoms with Gasteiger partial charge in [-0.2, -0.15) is 0 Å². The van der Waals surface area contributed by atoms with Gasteiger partial charge < -0.3 is 12.4 Å². The monoisotopic (exact) mass is 204 g/mol. The molecule has 2 heteroatoms. The van der Waals surface area contributed by atoms with Gasteiger partial charge in [0, 0.05) is 25.4 Å². The molecule has 0 fully saturated rings. The zero-order valence-electron chi connectivity index (χ0n) is 6.10. The van der Waals surface area contributed by atoms with Gasteiger partial charge in [0.05, 0.1) is 0 Å². The van der Waals surface area contributed by atoms with Crippen molar-refractivity contribution in [3.8, 4) is 0 Å². The summed E-state index contributed by atoms with van der Waals surface area (Å²) in [6.07, 6.45) is 8.13. The summed E-state index contributed by atoms with van der Waals surface area (Å²) >= 11 is 0. The fourth-order valence-electron chi connectivity index (χ4n) is 0.588. The third-order valence-electron chi connectivity index (χ3n) is 1.12. The molecule has 0 aromatic heterocycles. The maximum Gasteiger partial charge on any atom is 0.0163 e. The van der Waals surface area contributed by atoms with Crippen LogP contribution in [0.2, 0.25) is 0 Å². The van der Waals surface area contributed by atoms with E-state index in [0.717, 1.165) is 5.57 Å². The molecular weight excluding hydrogens is 197 g/mol. The van der Waals surface area contributed by atoms with Crippen molar-refractivity contribution >= 4 is 0 Å². The van der Waals surface area contributed by atoms with Crippen molar-refractivity contribution in [2.45, 2.75) is 6.92 Å². The fraction of sp³-hybridized carbons (Fsp3) is 0.125. The predicted molar refractivity (Wildman–Crippen MR) is 36.3 cm³/mol. The normalized spacial score (nSPS) is 15.9. The van der Waals surface area contributed by atoms with E-state index in [1.54, 1.807) is 0 Å². The Hall–Kier alpha value is 0.133. The fourth-order valence-corrected chi connectivity index (χ4v) is 0.588. The van der Waals surface area contributed by atoms with E-state index in [0.29, 0.717) is 0 Å². The van der Waals surface area contributed by atoms with E-state index in [-0.39, 0.29) is 31.9 Å². The summed E-state index contributed by atoms with van der Waals surface area (Å²) in [5, 5.41) is 0. The second kappa shape index (κ2) is 5.88. The molecule has 0 unspecified atom stereocenters. The SMILES string of the molecule is C=C1C=C[C](C)C=C1.[Cl-].[Zn]. The number of hydrogen-bond acceptors (Lipinski definition) is 0. The van der Waals surface area contributed by atoms with E-state index in [2.05, 4.69) is 25.7 Å². The van der Waals surface area contributed by atoms with Crippen LogP contribution in [0.5, 0.6) is 0 Å². The zero-order chi connectivity index (χ0) is 5.98. The van der Waals surface area contributed by atoms with Crippen molar-refractivity contribution < 1.29 is 31.9 Å². The molecule has 0 spiro atoms. The molecule has 1 radical (unpaired) electrons. The Kier molecular flexibility index (Phi) is 7.52. The maximum atomic E-state index is 3.76. The second-order valence-corrected chi connectivity index (χ2v) is 1.99. The largest absolute Gasteiger partial charge is 1.00 e. The van der Waals surface area contributed by atoms with Crippen LogP contribution in [0.25, 0.3) is 0 Å². The topological polar surface area (TPSA) is 0 Å². The minimum absolute atomic E-state index is 0. The summed E-state index contributed by atoms with van der Waals surface area (Å²) in [5.74, 6) is 1.29. The van der Waals surface area contributed by atoms with Crippen LogP contribution in [-0.2, 0) is 19.5 Å². The first-order valence-electron chi connectivity index (χ1n) is 2.67. The molecule has 0 aromatic carbocycles. The molecule has 0 N–H and O–H groups in total. The van der Waals surface area contributed by atoms with Crippen molar-refractivity contribution in [3.63, 3.8) is 0 Å². The van der Waals surface area contributed by atoms with Gasteiger partial charge in [-0.15, -0.1) is 0 Å². The summed E-state index contributed by atoms with van der Waals surface area (Å²) in [6.45, 7) is 5.83.